The van der Waals surface area contributed by atoms with Crippen LogP contribution in [0.3, 0.4) is 0 Å². The van der Waals surface area contributed by atoms with Gasteiger partial charge in [0.25, 0.3) is 0 Å². The summed E-state index contributed by atoms with van der Waals surface area (Å²) < 4.78 is 0. The maximum Gasteiger partial charge on any atom is 0.335 e. The van der Waals surface area contributed by atoms with Crippen LogP contribution in [0.1, 0.15) is 40.4 Å². The van der Waals surface area contributed by atoms with E-state index in [1.54, 1.807) is 24.5 Å². The van der Waals surface area contributed by atoms with Gasteiger partial charge in [0.1, 0.15) is 16.7 Å². The van der Waals surface area contributed by atoms with E-state index in [0.29, 0.717) is 27.2 Å². The van der Waals surface area contributed by atoms with Crippen molar-refractivity contribution < 1.29 is 9.90 Å². The van der Waals surface area contributed by atoms with Crippen LogP contribution in [-0.4, -0.2) is 53.2 Å². The van der Waals surface area contributed by atoms with E-state index in [1.807, 2.05) is 31.1 Å². The van der Waals surface area contributed by atoms with Crippen LogP contribution in [0.5, 0.6) is 0 Å². The number of piperidine rings is 1. The molecule has 1 aliphatic heterocycles. The molecule has 0 bridgehead atoms. The van der Waals surface area contributed by atoms with Crippen molar-refractivity contribution in [1.82, 2.24) is 15.0 Å². The van der Waals surface area contributed by atoms with Crippen LogP contribution < -0.4 is 21.3 Å². The van der Waals surface area contributed by atoms with Gasteiger partial charge >= 0.3 is 5.97 Å². The highest BCUT2D eigenvalue weighted by Crippen LogP contribution is 2.51. The summed E-state index contributed by atoms with van der Waals surface area (Å²) in [5.74, 6) is 0.852. The molecule has 1 aromatic carbocycles. The lowest BCUT2D eigenvalue weighted by atomic mass is 9.73. The molecule has 9 nitrogen and oxygen atoms in total. The zero-order chi connectivity index (χ0) is 25.6. The number of nitrogen functional groups attached to an aromatic ring is 1. The van der Waals surface area contributed by atoms with Gasteiger partial charge in [-0.3, -0.25) is 0 Å². The third-order valence-electron chi connectivity index (χ3n) is 7.23. The summed E-state index contributed by atoms with van der Waals surface area (Å²) in [6.07, 6.45) is 6.01. The predicted octanol–water partition coefficient (Wildman–Crippen LogP) is 3.87. The van der Waals surface area contributed by atoms with Crippen molar-refractivity contribution >= 4 is 46.8 Å². The first-order valence-electron chi connectivity index (χ1n) is 11.7. The second-order valence-corrected chi connectivity index (χ2v) is 11.0. The largest absolute Gasteiger partial charge is 0.478 e. The molecule has 2 aromatic heterocycles. The van der Waals surface area contributed by atoms with Gasteiger partial charge in [-0.25, -0.2) is 19.7 Å². The third kappa shape index (κ3) is 4.33. The number of nitrogens with two attached hydrogens (primary N) is 2. The summed E-state index contributed by atoms with van der Waals surface area (Å²) in [4.78, 5) is 29.8. The molecule has 11 heteroatoms. The number of benzene rings is 1. The second-order valence-electron chi connectivity index (χ2n) is 9.58. The summed E-state index contributed by atoms with van der Waals surface area (Å²) in [6, 6.07) is 7.03. The number of carboxylic acid groups (broad SMARTS) is 1. The van der Waals surface area contributed by atoms with Crippen molar-refractivity contribution in [2.75, 3.05) is 42.7 Å². The Balaban J connectivity index is 1.29. The first-order valence-corrected chi connectivity index (χ1v) is 12.9. The lowest BCUT2D eigenvalue weighted by Crippen LogP contribution is -2.44. The molecule has 0 radical (unpaired) electrons. The number of carboxylic acids is 1. The lowest BCUT2D eigenvalue weighted by Gasteiger charge is -2.42. The van der Waals surface area contributed by atoms with Crippen LogP contribution in [-0.2, 0) is 6.42 Å². The fourth-order valence-electron chi connectivity index (χ4n) is 5.21. The highest BCUT2D eigenvalue weighted by atomic mass is 35.5. The number of anilines is 3. The molecule has 3 aromatic rings. The molecule has 5 rings (SSSR count). The smallest absolute Gasteiger partial charge is 0.335 e. The van der Waals surface area contributed by atoms with Crippen LogP contribution >= 0.6 is 23.4 Å². The van der Waals surface area contributed by atoms with Gasteiger partial charge in [-0.15, -0.1) is 0 Å². The summed E-state index contributed by atoms with van der Waals surface area (Å²) in [5.41, 5.74) is 15.3. The zero-order valence-corrected chi connectivity index (χ0v) is 21.7. The summed E-state index contributed by atoms with van der Waals surface area (Å²) >= 11 is 7.89. The van der Waals surface area contributed by atoms with Gasteiger partial charge in [0, 0.05) is 44.3 Å². The Bertz CT molecular complexity index is 1330. The number of carbonyl (C=O) groups is 1. The Morgan fingerprint density at radius 1 is 1.25 bits per heavy atom. The SMILES string of the molecule is CN(C)c1nccc(Sc2ncc(N3CCC4(CC3)Cc3cc(C(=O)O)ccc3[C@H]4N)nc2N)c1Cl. The molecule has 3 heterocycles. The molecule has 188 valence electrons. The van der Waals surface area contributed by atoms with Gasteiger partial charge in [-0.1, -0.05) is 29.4 Å². The number of pyridine rings is 1. The Morgan fingerprint density at radius 2 is 2.00 bits per heavy atom. The standard InChI is InChI=1S/C25H28ClN7O2S/c1-32(2)22-19(26)17(5-8-29-22)36-23-21(28)31-18(13-30-23)33-9-6-25(7-10-33)12-15-11-14(24(34)35)3-4-16(15)20(25)27/h3-5,8,11,13,20H,6-7,9-10,12,27H2,1-2H3,(H2,28,31)(H,34,35)/t20-/m1/s1. The normalized spacial score (nSPS) is 18.3. The van der Waals surface area contributed by atoms with Crippen LogP contribution in [0.15, 0.2) is 46.6 Å². The van der Waals surface area contributed by atoms with E-state index < -0.39 is 5.97 Å². The van der Waals surface area contributed by atoms with Gasteiger partial charge in [-0.2, -0.15) is 0 Å². The van der Waals surface area contributed by atoms with Gasteiger partial charge in [0.2, 0.25) is 0 Å². The Labute approximate surface area is 218 Å². The van der Waals surface area contributed by atoms with E-state index in [2.05, 4.69) is 19.9 Å². The predicted molar refractivity (Wildman–Crippen MR) is 142 cm³/mol. The van der Waals surface area contributed by atoms with E-state index in [0.717, 1.165) is 54.2 Å². The molecule has 0 saturated carbocycles. The number of aromatic nitrogens is 3. The topological polar surface area (TPSA) is 134 Å². The highest BCUT2D eigenvalue weighted by Gasteiger charge is 2.46. The van der Waals surface area contributed by atoms with Crippen molar-refractivity contribution in [2.45, 2.75) is 35.2 Å². The number of aromatic carboxylic acids is 1. The Hall–Kier alpha value is -3.08. The number of fused-ring (bicyclic) bond motifs is 1. The lowest BCUT2D eigenvalue weighted by molar-refractivity contribution is 0.0696. The maximum atomic E-state index is 11.4. The maximum absolute atomic E-state index is 11.4. The Morgan fingerprint density at radius 3 is 2.67 bits per heavy atom. The van der Waals surface area contributed by atoms with Gasteiger partial charge in [-0.05, 0) is 54.0 Å². The molecule has 1 saturated heterocycles. The molecule has 1 fully saturated rings. The summed E-state index contributed by atoms with van der Waals surface area (Å²) in [6.45, 7) is 1.55. The molecule has 36 heavy (non-hydrogen) atoms. The van der Waals surface area contributed by atoms with E-state index in [4.69, 9.17) is 23.1 Å². The van der Waals surface area contributed by atoms with E-state index in [-0.39, 0.29) is 11.5 Å². The molecule has 2 aliphatic rings. The highest BCUT2D eigenvalue weighted by molar-refractivity contribution is 7.99. The van der Waals surface area contributed by atoms with Crippen LogP contribution in [0.25, 0.3) is 0 Å². The molecule has 0 amide bonds. The Kier molecular flexibility index (Phi) is 6.44. The second kappa shape index (κ2) is 9.42. The third-order valence-corrected chi connectivity index (χ3v) is 8.78. The van der Waals surface area contributed by atoms with Gasteiger partial charge in [0.05, 0.1) is 16.8 Å². The molecule has 1 atom stereocenters. The van der Waals surface area contributed by atoms with Crippen molar-refractivity contribution in [3.8, 4) is 0 Å². The molecular formula is C25H28ClN7O2S. The van der Waals surface area contributed by atoms with Gasteiger partial charge in [0.15, 0.2) is 5.82 Å². The number of hydrogen-bond acceptors (Lipinski definition) is 9. The molecule has 0 unspecified atom stereocenters. The minimum Gasteiger partial charge on any atom is -0.478 e. The van der Waals surface area contributed by atoms with Gasteiger partial charge < -0.3 is 26.4 Å². The van der Waals surface area contributed by atoms with Crippen LogP contribution in [0.2, 0.25) is 5.02 Å². The van der Waals surface area contributed by atoms with E-state index in [9.17, 15) is 9.90 Å². The van der Waals surface area contributed by atoms with Crippen molar-refractivity contribution in [2.24, 2.45) is 11.1 Å². The number of halogens is 1. The zero-order valence-electron chi connectivity index (χ0n) is 20.1. The van der Waals surface area contributed by atoms with Crippen molar-refractivity contribution in [1.29, 1.82) is 0 Å². The molecule has 1 aliphatic carbocycles. The first kappa shape index (κ1) is 24.6. The number of nitrogens with zero attached hydrogens (tertiary/aromatic N) is 5. The molecular weight excluding hydrogens is 498 g/mol. The summed E-state index contributed by atoms with van der Waals surface area (Å²) in [5, 5.41) is 10.5. The fraction of sp³-hybridized carbons (Fsp3) is 0.360. The van der Waals surface area contributed by atoms with E-state index >= 15 is 0 Å². The average Bonchev–Trinajstić information content (AvgIpc) is 3.12. The van der Waals surface area contributed by atoms with Crippen LogP contribution in [0.4, 0.5) is 17.5 Å². The van der Waals surface area contributed by atoms with Crippen molar-refractivity contribution in [3.63, 3.8) is 0 Å². The minimum absolute atomic E-state index is 0.0764. The van der Waals surface area contributed by atoms with E-state index in [1.165, 1.54) is 11.8 Å². The van der Waals surface area contributed by atoms with Crippen LogP contribution in [0, 0.1) is 5.41 Å². The molecule has 5 N–H and O–H groups in total. The number of hydrogen-bond donors (Lipinski definition) is 3. The quantitative estimate of drug-likeness (QED) is 0.450. The fourth-order valence-corrected chi connectivity index (χ4v) is 6.38. The average molecular weight is 526 g/mol. The summed E-state index contributed by atoms with van der Waals surface area (Å²) in [7, 11) is 3.78. The monoisotopic (exact) mass is 525 g/mol. The number of rotatable bonds is 5. The minimum atomic E-state index is -0.913. The molecule has 1 spiro atoms. The van der Waals surface area contributed by atoms with Crippen molar-refractivity contribution in [3.05, 3.63) is 58.4 Å². The first-order chi connectivity index (χ1) is 17.2.